The van der Waals surface area contributed by atoms with Crippen molar-refractivity contribution in [3.63, 3.8) is 0 Å². The van der Waals surface area contributed by atoms with Crippen LogP contribution >= 0.6 is 0 Å². The number of phenolic OH excluding ortho intramolecular Hbond substituents is 1. The standard InChI is InChI=1S/C53H77N3O6/c1-10-13-33(24-42(59)48-53(8,62-48)39-17-12-16-37(39)32-14-11-15-35(54)22-32)45-40-18-19-44-50(5)25-38(34-20-31(29-55-9)21-36(58)23-34)47(61)49(3,4)46(50)41(56-28-30(2)57)26-52(44,7)51(40,6)27-43(45)60/h11,14-15,20-23,30,33,37-39,41-42,44,46,48,55-59H,10,12-13,16-19,24-29,54H2,1-9H3/t30-,33+,37-,38-,39-,41-,42+,44+,46-,48+,50-,51-,52-,53+/m0/s1. The molecular weight excluding hydrogens is 775 g/mol. The number of ether oxygens (including phenoxy) is 1. The molecule has 0 aromatic heterocycles. The van der Waals surface area contributed by atoms with Crippen molar-refractivity contribution in [2.75, 3.05) is 19.3 Å². The number of anilines is 1. The van der Waals surface area contributed by atoms with Crippen LogP contribution in [0, 0.1) is 45.3 Å². The van der Waals surface area contributed by atoms with Gasteiger partial charge < -0.3 is 36.4 Å². The highest BCUT2D eigenvalue weighted by molar-refractivity contribution is 6.00. The van der Waals surface area contributed by atoms with Crippen LogP contribution in [0.2, 0.25) is 0 Å². The van der Waals surface area contributed by atoms with Gasteiger partial charge in [-0.15, -0.1) is 0 Å². The monoisotopic (exact) mass is 852 g/mol. The second kappa shape index (κ2) is 16.4. The molecule has 2 aromatic carbocycles. The van der Waals surface area contributed by atoms with E-state index in [1.54, 1.807) is 12.1 Å². The van der Waals surface area contributed by atoms with Crippen LogP contribution in [0.4, 0.5) is 5.69 Å². The van der Waals surface area contributed by atoms with Crippen molar-refractivity contribution in [3.8, 4) is 5.75 Å². The zero-order chi connectivity index (χ0) is 44.7. The minimum absolute atomic E-state index is 0.00456. The Hall–Kier alpha value is -3.08. The van der Waals surface area contributed by atoms with Crippen molar-refractivity contribution in [2.24, 2.45) is 45.3 Å². The fourth-order valence-corrected chi connectivity index (χ4v) is 15.8. The van der Waals surface area contributed by atoms with Gasteiger partial charge in [-0.05, 0) is 159 Å². The summed E-state index contributed by atoms with van der Waals surface area (Å²) in [6.07, 6.45) is 7.75. The Morgan fingerprint density at radius 3 is 2.42 bits per heavy atom. The smallest absolute Gasteiger partial charge is 0.160 e. The Labute approximate surface area is 371 Å². The average Bonchev–Trinajstić information content (AvgIpc) is 3.50. The number of nitrogens with one attached hydrogen (secondary N) is 2. The molecule has 0 bridgehead atoms. The number of ketones is 2. The van der Waals surface area contributed by atoms with Gasteiger partial charge in [0.05, 0.1) is 17.8 Å². The molecule has 0 unspecified atom stereocenters. The molecule has 9 nitrogen and oxygen atoms in total. The number of nitrogens with two attached hydrogens (primary N) is 1. The number of carbonyl (C=O) groups excluding carboxylic acids is 2. The second-order valence-corrected chi connectivity index (χ2v) is 22.5. The number of nitrogen functional groups attached to an aromatic ring is 1. The van der Waals surface area contributed by atoms with E-state index in [9.17, 15) is 24.9 Å². The fraction of sp³-hybridized carbons (Fsp3) is 0.698. The minimum Gasteiger partial charge on any atom is -0.508 e. The highest BCUT2D eigenvalue weighted by Crippen LogP contribution is 2.75. The predicted octanol–water partition coefficient (Wildman–Crippen LogP) is 8.74. The van der Waals surface area contributed by atoms with Crippen LogP contribution < -0.4 is 16.4 Å². The molecule has 14 atom stereocenters. The van der Waals surface area contributed by atoms with Crippen LogP contribution in [0.3, 0.4) is 0 Å². The fourth-order valence-electron chi connectivity index (χ4n) is 15.8. The number of rotatable bonds is 14. The third-order valence-corrected chi connectivity index (χ3v) is 18.3. The summed E-state index contributed by atoms with van der Waals surface area (Å²) in [5.41, 5.74) is 10.3. The quantitative estimate of drug-likeness (QED) is 0.0808. The first kappa shape index (κ1) is 45.5. The Morgan fingerprint density at radius 1 is 0.968 bits per heavy atom. The van der Waals surface area contributed by atoms with E-state index in [4.69, 9.17) is 10.5 Å². The van der Waals surface area contributed by atoms with E-state index in [1.165, 1.54) is 11.1 Å². The van der Waals surface area contributed by atoms with Gasteiger partial charge in [0, 0.05) is 48.0 Å². The SMILES string of the molecule is CCC[C@H](C[C@@H](O)[C@H]1O[C@]1(C)[C@H]1CCC[C@H]1c1cccc(N)c1)C1=C2CC[C@@H]3[C@]4(C)C[C@@H](c5cc(O)cc(CNC)c5)C(=O)C(C)(C)[C@@H]4[C@@H](NC[C@H](C)O)C[C@]3(C)[C@@]2(C)CC1=O. The lowest BCUT2D eigenvalue weighted by Gasteiger charge is -2.70. The van der Waals surface area contributed by atoms with Gasteiger partial charge in [0.25, 0.3) is 0 Å². The molecule has 0 amide bonds. The number of fused-ring (bicyclic) bond motifs is 5. The molecule has 62 heavy (non-hydrogen) atoms. The van der Waals surface area contributed by atoms with E-state index < -0.39 is 28.6 Å². The number of Topliss-reactive ketones (excluding diaryl/α,β-unsaturated/α-hetero) is 2. The molecule has 7 N–H and O–H groups in total. The van der Waals surface area contributed by atoms with Crippen molar-refractivity contribution >= 4 is 17.3 Å². The molecule has 9 heteroatoms. The van der Waals surface area contributed by atoms with Crippen LogP contribution in [-0.2, 0) is 20.9 Å². The summed E-state index contributed by atoms with van der Waals surface area (Å²) >= 11 is 0. The summed E-state index contributed by atoms with van der Waals surface area (Å²) in [6.45, 7) is 18.7. The van der Waals surface area contributed by atoms with E-state index in [1.807, 2.05) is 26.1 Å². The van der Waals surface area contributed by atoms with Gasteiger partial charge >= 0.3 is 0 Å². The van der Waals surface area contributed by atoms with Gasteiger partial charge in [-0.2, -0.15) is 0 Å². The molecule has 1 aliphatic heterocycles. The molecule has 1 heterocycles. The van der Waals surface area contributed by atoms with Gasteiger partial charge in [-0.3, -0.25) is 9.59 Å². The molecule has 0 radical (unpaired) electrons. The zero-order valence-corrected chi connectivity index (χ0v) is 39.2. The number of carbonyl (C=O) groups is 2. The Balaban J connectivity index is 1.12. The molecule has 6 aliphatic rings. The topological polar surface area (TPSA) is 157 Å². The molecule has 5 aliphatic carbocycles. The van der Waals surface area contributed by atoms with E-state index in [-0.39, 0.29) is 64.0 Å². The molecule has 8 rings (SSSR count). The maximum Gasteiger partial charge on any atom is 0.160 e. The van der Waals surface area contributed by atoms with Crippen LogP contribution in [0.1, 0.15) is 155 Å². The lowest BCUT2D eigenvalue weighted by Crippen LogP contribution is -2.69. The van der Waals surface area contributed by atoms with Crippen molar-refractivity contribution in [3.05, 3.63) is 70.3 Å². The van der Waals surface area contributed by atoms with Crippen molar-refractivity contribution in [1.82, 2.24) is 10.6 Å². The van der Waals surface area contributed by atoms with Gasteiger partial charge in [-0.1, -0.05) is 78.2 Å². The maximum absolute atomic E-state index is 14.9. The molecule has 1 saturated heterocycles. The molecule has 340 valence electrons. The largest absolute Gasteiger partial charge is 0.508 e. The lowest BCUT2D eigenvalue weighted by atomic mass is 9.34. The van der Waals surface area contributed by atoms with Crippen molar-refractivity contribution < 1.29 is 29.6 Å². The number of hydrogen-bond acceptors (Lipinski definition) is 9. The third-order valence-electron chi connectivity index (χ3n) is 18.3. The summed E-state index contributed by atoms with van der Waals surface area (Å²) in [5, 5.41) is 40.7. The Kier molecular flexibility index (Phi) is 12.0. The van der Waals surface area contributed by atoms with Gasteiger partial charge in [0.2, 0.25) is 0 Å². The first-order chi connectivity index (χ1) is 29.2. The molecule has 5 fully saturated rings. The van der Waals surface area contributed by atoms with Gasteiger partial charge in [0.15, 0.2) is 5.78 Å². The van der Waals surface area contributed by atoms with Gasteiger partial charge in [-0.25, -0.2) is 0 Å². The minimum atomic E-state index is -0.688. The first-order valence-corrected chi connectivity index (χ1v) is 24.1. The predicted molar refractivity (Wildman–Crippen MR) is 246 cm³/mol. The van der Waals surface area contributed by atoms with Crippen LogP contribution in [0.15, 0.2) is 53.6 Å². The molecule has 2 aromatic rings. The highest BCUT2D eigenvalue weighted by Gasteiger charge is 2.71. The number of allylic oxidation sites excluding steroid dienone is 2. The number of hydrogen-bond donors (Lipinski definition) is 6. The number of benzene rings is 2. The van der Waals surface area contributed by atoms with Crippen LogP contribution in [0.25, 0.3) is 0 Å². The average molecular weight is 852 g/mol. The lowest BCUT2D eigenvalue weighted by molar-refractivity contribution is -0.193. The molecular formula is C53H77N3O6. The van der Waals surface area contributed by atoms with Crippen molar-refractivity contribution in [1.29, 1.82) is 0 Å². The van der Waals surface area contributed by atoms with E-state index in [0.717, 1.165) is 73.8 Å². The Bertz CT molecular complexity index is 2080. The number of phenols is 1. The van der Waals surface area contributed by atoms with E-state index in [2.05, 4.69) is 77.3 Å². The van der Waals surface area contributed by atoms with Gasteiger partial charge in [0.1, 0.15) is 17.6 Å². The van der Waals surface area contributed by atoms with E-state index in [0.29, 0.717) is 44.2 Å². The maximum atomic E-state index is 14.9. The van der Waals surface area contributed by atoms with Crippen LogP contribution in [-0.4, -0.2) is 70.4 Å². The third kappa shape index (κ3) is 7.32. The second-order valence-electron chi connectivity index (χ2n) is 22.5. The first-order valence-electron chi connectivity index (χ1n) is 24.1. The number of aliphatic hydroxyl groups is 2. The summed E-state index contributed by atoms with van der Waals surface area (Å²) in [6, 6.07) is 13.9. The van der Waals surface area contributed by atoms with Crippen molar-refractivity contribution in [2.45, 2.75) is 174 Å². The summed E-state index contributed by atoms with van der Waals surface area (Å²) in [7, 11) is 1.89. The number of aliphatic hydroxyl groups excluding tert-OH is 2. The van der Waals surface area contributed by atoms with Crippen LogP contribution in [0.5, 0.6) is 5.75 Å². The summed E-state index contributed by atoms with van der Waals surface area (Å²) in [4.78, 5) is 29.8. The number of epoxide rings is 1. The zero-order valence-electron chi connectivity index (χ0n) is 39.2. The number of aromatic hydroxyl groups is 1. The normalized spacial score (nSPS) is 38.9. The summed E-state index contributed by atoms with van der Waals surface area (Å²) < 4.78 is 6.57. The highest BCUT2D eigenvalue weighted by atomic mass is 16.6. The molecule has 4 saturated carbocycles. The Morgan fingerprint density at radius 2 is 1.73 bits per heavy atom. The van der Waals surface area contributed by atoms with E-state index >= 15 is 0 Å². The molecule has 0 spiro atoms. The summed E-state index contributed by atoms with van der Waals surface area (Å²) in [5.74, 6) is 1.07.